The summed E-state index contributed by atoms with van der Waals surface area (Å²) >= 11 is 1.47. The zero-order valence-electron chi connectivity index (χ0n) is 12.9. The molecule has 1 saturated carbocycles. The number of nitrogens with one attached hydrogen (secondary N) is 1. The van der Waals surface area contributed by atoms with Gasteiger partial charge in [-0.15, -0.1) is 0 Å². The molecule has 0 bridgehead atoms. The topological polar surface area (TPSA) is 46.9 Å². The van der Waals surface area contributed by atoms with Gasteiger partial charge in [-0.1, -0.05) is 49.0 Å². The van der Waals surface area contributed by atoms with Crippen LogP contribution in [0.2, 0.25) is 0 Å². The van der Waals surface area contributed by atoms with Gasteiger partial charge in [-0.05, 0) is 23.8 Å². The number of carbonyl (C=O) groups is 1. The minimum absolute atomic E-state index is 0.0703. The molecule has 2 aromatic rings. The van der Waals surface area contributed by atoms with Crippen LogP contribution in [0.5, 0.6) is 0 Å². The number of aryl methyl sites for hydroxylation is 1. The number of nitrogens with zero attached hydrogens (tertiary/aromatic N) is 2. The number of aromatic nitrogens is 2. The molecule has 1 aromatic carbocycles. The normalized spacial score (nSPS) is 21.4. The SMILES string of the molecule is C[C@@H]1C[C@H]1[C@@H](NC(=O)CSc1nccn1C)c1ccccc1. The Balaban J connectivity index is 1.61. The van der Waals surface area contributed by atoms with E-state index >= 15 is 0 Å². The van der Waals surface area contributed by atoms with E-state index in [-0.39, 0.29) is 11.9 Å². The number of hydrogen-bond acceptors (Lipinski definition) is 3. The highest BCUT2D eigenvalue weighted by atomic mass is 32.2. The van der Waals surface area contributed by atoms with Gasteiger partial charge < -0.3 is 9.88 Å². The fourth-order valence-electron chi connectivity index (χ4n) is 2.75. The van der Waals surface area contributed by atoms with Crippen LogP contribution in [0.25, 0.3) is 0 Å². The lowest BCUT2D eigenvalue weighted by Crippen LogP contribution is -2.31. The van der Waals surface area contributed by atoms with Gasteiger partial charge in [0.1, 0.15) is 0 Å². The molecule has 0 saturated heterocycles. The molecule has 0 aliphatic heterocycles. The van der Waals surface area contributed by atoms with E-state index < -0.39 is 0 Å². The van der Waals surface area contributed by atoms with E-state index in [0.717, 1.165) is 5.16 Å². The molecule has 5 heteroatoms. The molecule has 1 aliphatic carbocycles. The summed E-state index contributed by atoms with van der Waals surface area (Å²) in [5, 5.41) is 4.08. The van der Waals surface area contributed by atoms with E-state index in [1.54, 1.807) is 6.20 Å². The first-order valence-corrected chi connectivity index (χ1v) is 8.58. The maximum absolute atomic E-state index is 12.3. The molecule has 0 unspecified atom stereocenters. The van der Waals surface area contributed by atoms with Gasteiger partial charge in [0.25, 0.3) is 0 Å². The quantitative estimate of drug-likeness (QED) is 0.834. The van der Waals surface area contributed by atoms with Crippen LogP contribution in [0.1, 0.15) is 24.9 Å². The molecule has 1 N–H and O–H groups in total. The van der Waals surface area contributed by atoms with Crippen LogP contribution in [0.15, 0.2) is 47.9 Å². The van der Waals surface area contributed by atoms with Crippen molar-refractivity contribution in [2.45, 2.75) is 24.5 Å². The van der Waals surface area contributed by atoms with Crippen LogP contribution in [-0.4, -0.2) is 21.2 Å². The molecule has 0 radical (unpaired) electrons. The van der Waals surface area contributed by atoms with Crippen molar-refractivity contribution in [1.82, 2.24) is 14.9 Å². The van der Waals surface area contributed by atoms with Gasteiger partial charge in [-0.2, -0.15) is 0 Å². The number of carbonyl (C=O) groups excluding carboxylic acids is 1. The Morgan fingerprint density at radius 1 is 1.45 bits per heavy atom. The third-order valence-electron chi connectivity index (χ3n) is 4.18. The van der Waals surface area contributed by atoms with Gasteiger partial charge in [0.2, 0.25) is 5.91 Å². The first-order valence-electron chi connectivity index (χ1n) is 7.59. The second-order valence-corrected chi connectivity index (χ2v) is 6.88. The average Bonchev–Trinajstić information content (AvgIpc) is 3.10. The molecule has 1 aromatic heterocycles. The second-order valence-electron chi connectivity index (χ2n) is 5.94. The zero-order valence-corrected chi connectivity index (χ0v) is 13.7. The second kappa shape index (κ2) is 6.57. The summed E-state index contributed by atoms with van der Waals surface area (Å²) < 4.78 is 1.93. The van der Waals surface area contributed by atoms with Crippen LogP contribution in [0.3, 0.4) is 0 Å². The van der Waals surface area contributed by atoms with Gasteiger partial charge >= 0.3 is 0 Å². The number of hydrogen-bond donors (Lipinski definition) is 1. The van der Waals surface area contributed by atoms with E-state index in [1.165, 1.54) is 23.7 Å². The monoisotopic (exact) mass is 315 g/mol. The molecule has 1 aliphatic rings. The van der Waals surface area contributed by atoms with Crippen molar-refractivity contribution in [2.75, 3.05) is 5.75 Å². The maximum Gasteiger partial charge on any atom is 0.230 e. The van der Waals surface area contributed by atoms with Crippen molar-refractivity contribution in [3.05, 3.63) is 48.3 Å². The molecule has 1 heterocycles. The van der Waals surface area contributed by atoms with Crippen molar-refractivity contribution >= 4 is 17.7 Å². The van der Waals surface area contributed by atoms with E-state index in [1.807, 2.05) is 36.0 Å². The molecule has 22 heavy (non-hydrogen) atoms. The van der Waals surface area contributed by atoms with Crippen molar-refractivity contribution in [2.24, 2.45) is 18.9 Å². The lowest BCUT2D eigenvalue weighted by molar-refractivity contribution is -0.119. The highest BCUT2D eigenvalue weighted by Crippen LogP contribution is 2.46. The zero-order chi connectivity index (χ0) is 15.5. The first-order chi connectivity index (χ1) is 10.6. The third-order valence-corrected chi connectivity index (χ3v) is 5.24. The molecule has 1 fully saturated rings. The standard InChI is InChI=1S/C17H21N3OS/c1-12-10-14(12)16(13-6-4-3-5-7-13)19-15(21)11-22-17-18-8-9-20(17)2/h3-9,12,14,16H,10-11H2,1-2H3,(H,19,21)/t12-,14-,16+/m1/s1. The molecule has 4 nitrogen and oxygen atoms in total. The Morgan fingerprint density at radius 3 is 2.77 bits per heavy atom. The third kappa shape index (κ3) is 3.53. The Bertz CT molecular complexity index is 640. The number of thioether (sulfide) groups is 1. The van der Waals surface area contributed by atoms with E-state index in [2.05, 4.69) is 29.4 Å². The van der Waals surface area contributed by atoms with Crippen molar-refractivity contribution < 1.29 is 4.79 Å². The molecule has 1 amide bonds. The molecular weight excluding hydrogens is 294 g/mol. The van der Waals surface area contributed by atoms with Gasteiger partial charge in [0.15, 0.2) is 5.16 Å². The Morgan fingerprint density at radius 2 is 2.18 bits per heavy atom. The fourth-order valence-corrected chi connectivity index (χ4v) is 3.49. The van der Waals surface area contributed by atoms with Crippen molar-refractivity contribution in [3.8, 4) is 0 Å². The van der Waals surface area contributed by atoms with Crippen LogP contribution < -0.4 is 5.32 Å². The summed E-state index contributed by atoms with van der Waals surface area (Å²) in [6, 6.07) is 10.4. The van der Waals surface area contributed by atoms with Crippen LogP contribution >= 0.6 is 11.8 Å². The number of rotatable bonds is 6. The lowest BCUT2D eigenvalue weighted by atomic mass is 10.0. The Kier molecular flexibility index (Phi) is 4.52. The van der Waals surface area contributed by atoms with Crippen LogP contribution in [-0.2, 0) is 11.8 Å². The fraction of sp³-hybridized carbons (Fsp3) is 0.412. The summed E-state index contributed by atoms with van der Waals surface area (Å²) in [5.41, 5.74) is 1.20. The molecular formula is C17H21N3OS. The van der Waals surface area contributed by atoms with Gasteiger partial charge in [0.05, 0.1) is 11.8 Å². The summed E-state index contributed by atoms with van der Waals surface area (Å²) in [6.07, 6.45) is 4.82. The predicted molar refractivity (Wildman–Crippen MR) is 88.5 cm³/mol. The Hall–Kier alpha value is -1.75. The minimum atomic E-state index is 0.0703. The number of imidazole rings is 1. The van der Waals surface area contributed by atoms with Gasteiger partial charge in [0, 0.05) is 19.4 Å². The lowest BCUT2D eigenvalue weighted by Gasteiger charge is -2.19. The summed E-state index contributed by atoms with van der Waals surface area (Å²) in [4.78, 5) is 16.5. The molecule has 116 valence electrons. The number of benzene rings is 1. The minimum Gasteiger partial charge on any atom is -0.348 e. The largest absolute Gasteiger partial charge is 0.348 e. The van der Waals surface area contributed by atoms with Gasteiger partial charge in [-0.25, -0.2) is 4.98 Å². The number of amides is 1. The van der Waals surface area contributed by atoms with E-state index in [4.69, 9.17) is 0 Å². The average molecular weight is 315 g/mol. The van der Waals surface area contributed by atoms with Crippen LogP contribution in [0.4, 0.5) is 0 Å². The van der Waals surface area contributed by atoms with E-state index in [9.17, 15) is 4.79 Å². The Labute approximate surface area is 135 Å². The first kappa shape index (κ1) is 15.2. The highest BCUT2D eigenvalue weighted by molar-refractivity contribution is 7.99. The molecule has 3 rings (SSSR count). The van der Waals surface area contributed by atoms with Crippen molar-refractivity contribution in [1.29, 1.82) is 0 Å². The molecule has 0 spiro atoms. The van der Waals surface area contributed by atoms with E-state index in [0.29, 0.717) is 17.6 Å². The molecule has 3 atom stereocenters. The summed E-state index contributed by atoms with van der Waals surface area (Å²) in [7, 11) is 1.94. The summed E-state index contributed by atoms with van der Waals surface area (Å²) in [6.45, 7) is 2.25. The van der Waals surface area contributed by atoms with Crippen LogP contribution in [0, 0.1) is 11.8 Å². The maximum atomic E-state index is 12.3. The van der Waals surface area contributed by atoms with Gasteiger partial charge in [-0.3, -0.25) is 4.79 Å². The van der Waals surface area contributed by atoms with Crippen molar-refractivity contribution in [3.63, 3.8) is 0 Å². The smallest absolute Gasteiger partial charge is 0.230 e. The predicted octanol–water partition coefficient (Wildman–Crippen LogP) is 3.03. The summed E-state index contributed by atoms with van der Waals surface area (Å²) in [5.74, 6) is 1.72. The highest BCUT2D eigenvalue weighted by Gasteiger charge is 2.40.